The Bertz CT molecular complexity index is 224. The Balaban J connectivity index is 2.42. The van der Waals surface area contributed by atoms with Crippen molar-refractivity contribution in [3.63, 3.8) is 0 Å². The Kier molecular flexibility index (Phi) is 6.44. The minimum Gasteiger partial charge on any atom is -0.383 e. The average molecular weight is 224 g/mol. The van der Waals surface area contributed by atoms with Gasteiger partial charge < -0.3 is 4.74 Å². The van der Waals surface area contributed by atoms with Crippen molar-refractivity contribution in [3.05, 3.63) is 0 Å². The number of ether oxygens (including phenoxy) is 1. The molecule has 1 saturated carbocycles. The summed E-state index contributed by atoms with van der Waals surface area (Å²) < 4.78 is 5.15. The number of nitriles is 1. The van der Waals surface area contributed by atoms with Crippen molar-refractivity contribution in [2.24, 2.45) is 5.92 Å². The van der Waals surface area contributed by atoms with Gasteiger partial charge in [-0.2, -0.15) is 5.26 Å². The van der Waals surface area contributed by atoms with E-state index in [4.69, 9.17) is 10.00 Å². The van der Waals surface area contributed by atoms with Crippen LogP contribution in [-0.4, -0.2) is 37.7 Å². The zero-order valence-corrected chi connectivity index (χ0v) is 10.6. The zero-order chi connectivity index (χ0) is 11.8. The monoisotopic (exact) mass is 224 g/mol. The van der Waals surface area contributed by atoms with Gasteiger partial charge in [0, 0.05) is 32.7 Å². The fraction of sp³-hybridized carbons (Fsp3) is 0.923. The Morgan fingerprint density at radius 2 is 2.19 bits per heavy atom. The fourth-order valence-electron chi connectivity index (χ4n) is 2.61. The molecule has 0 aromatic carbocycles. The number of rotatable bonds is 6. The predicted octanol–water partition coefficient (Wildman–Crippen LogP) is 2.43. The first-order chi connectivity index (χ1) is 7.77. The van der Waals surface area contributed by atoms with Crippen LogP contribution in [0.4, 0.5) is 0 Å². The van der Waals surface area contributed by atoms with Gasteiger partial charge in [0.2, 0.25) is 0 Å². The minimum atomic E-state index is 0.634. The standard InChI is InChI=1S/C13H24N2O/c1-12-5-3-6-13(11-12)15(8-4-7-14)9-10-16-2/h12-13H,3-6,8-11H2,1-2H3. The van der Waals surface area contributed by atoms with Gasteiger partial charge >= 0.3 is 0 Å². The highest BCUT2D eigenvalue weighted by molar-refractivity contribution is 4.81. The highest BCUT2D eigenvalue weighted by Gasteiger charge is 2.23. The molecule has 1 fully saturated rings. The first kappa shape index (κ1) is 13.5. The molecule has 0 amide bonds. The van der Waals surface area contributed by atoms with Crippen molar-refractivity contribution in [1.82, 2.24) is 4.90 Å². The van der Waals surface area contributed by atoms with E-state index in [0.29, 0.717) is 12.5 Å². The van der Waals surface area contributed by atoms with Crippen LogP contribution in [0.1, 0.15) is 39.0 Å². The van der Waals surface area contributed by atoms with Crippen LogP contribution in [0.2, 0.25) is 0 Å². The molecule has 1 aliphatic rings. The third-order valence-corrected chi connectivity index (χ3v) is 3.52. The molecule has 0 radical (unpaired) electrons. The number of hydrogen-bond donors (Lipinski definition) is 0. The van der Waals surface area contributed by atoms with Crippen molar-refractivity contribution in [2.45, 2.75) is 45.1 Å². The number of methoxy groups -OCH3 is 1. The van der Waals surface area contributed by atoms with Gasteiger partial charge in [-0.25, -0.2) is 0 Å². The molecule has 0 aromatic rings. The maximum atomic E-state index is 8.68. The first-order valence-corrected chi connectivity index (χ1v) is 6.38. The van der Waals surface area contributed by atoms with Crippen molar-refractivity contribution in [1.29, 1.82) is 5.26 Å². The van der Waals surface area contributed by atoms with Crippen molar-refractivity contribution >= 4 is 0 Å². The second-order valence-corrected chi connectivity index (χ2v) is 4.86. The van der Waals surface area contributed by atoms with Gasteiger partial charge in [-0.05, 0) is 18.8 Å². The molecule has 2 atom stereocenters. The van der Waals surface area contributed by atoms with Gasteiger partial charge in [-0.3, -0.25) is 4.90 Å². The maximum absolute atomic E-state index is 8.68. The Morgan fingerprint density at radius 3 is 2.81 bits per heavy atom. The molecule has 92 valence electrons. The fourth-order valence-corrected chi connectivity index (χ4v) is 2.61. The molecule has 0 saturated heterocycles. The molecule has 2 unspecified atom stereocenters. The number of hydrogen-bond acceptors (Lipinski definition) is 3. The van der Waals surface area contributed by atoms with E-state index >= 15 is 0 Å². The Hall–Kier alpha value is -0.590. The summed E-state index contributed by atoms with van der Waals surface area (Å²) in [5.74, 6) is 0.839. The third-order valence-electron chi connectivity index (χ3n) is 3.52. The SMILES string of the molecule is COCCN(CCC#N)C1CCCC(C)C1. The second kappa shape index (κ2) is 7.65. The first-order valence-electron chi connectivity index (χ1n) is 6.38. The van der Waals surface area contributed by atoms with E-state index in [-0.39, 0.29) is 0 Å². The Morgan fingerprint density at radius 1 is 1.38 bits per heavy atom. The minimum absolute atomic E-state index is 0.634. The summed E-state index contributed by atoms with van der Waals surface area (Å²) in [6.45, 7) is 4.98. The highest BCUT2D eigenvalue weighted by atomic mass is 16.5. The van der Waals surface area contributed by atoms with E-state index in [1.165, 1.54) is 25.7 Å². The van der Waals surface area contributed by atoms with Gasteiger partial charge in [0.1, 0.15) is 0 Å². The summed E-state index contributed by atoms with van der Waals surface area (Å²) in [4.78, 5) is 2.45. The lowest BCUT2D eigenvalue weighted by atomic mass is 9.86. The number of nitrogens with zero attached hydrogens (tertiary/aromatic N) is 2. The van der Waals surface area contributed by atoms with Gasteiger partial charge in [-0.15, -0.1) is 0 Å². The highest BCUT2D eigenvalue weighted by Crippen LogP contribution is 2.27. The molecule has 0 spiro atoms. The zero-order valence-electron chi connectivity index (χ0n) is 10.6. The summed E-state index contributed by atoms with van der Waals surface area (Å²) in [5, 5.41) is 8.68. The molecular formula is C13H24N2O. The topological polar surface area (TPSA) is 36.3 Å². The summed E-state index contributed by atoms with van der Waals surface area (Å²) in [6.07, 6.45) is 5.91. The lowest BCUT2D eigenvalue weighted by Gasteiger charge is -2.36. The molecule has 1 rings (SSSR count). The largest absolute Gasteiger partial charge is 0.383 e. The van der Waals surface area contributed by atoms with Gasteiger partial charge in [0.05, 0.1) is 12.7 Å². The van der Waals surface area contributed by atoms with Crippen LogP contribution < -0.4 is 0 Å². The van der Waals surface area contributed by atoms with E-state index in [1.54, 1.807) is 7.11 Å². The molecule has 1 aliphatic carbocycles. The van der Waals surface area contributed by atoms with Crippen LogP contribution in [0.5, 0.6) is 0 Å². The lowest BCUT2D eigenvalue weighted by Crippen LogP contribution is -2.40. The van der Waals surface area contributed by atoms with E-state index in [1.807, 2.05) is 0 Å². The van der Waals surface area contributed by atoms with Crippen molar-refractivity contribution < 1.29 is 4.74 Å². The van der Waals surface area contributed by atoms with Crippen LogP contribution in [0.15, 0.2) is 0 Å². The van der Waals surface area contributed by atoms with Crippen LogP contribution in [0.3, 0.4) is 0 Å². The maximum Gasteiger partial charge on any atom is 0.0635 e. The summed E-state index contributed by atoms with van der Waals surface area (Å²) in [5.41, 5.74) is 0. The van der Waals surface area contributed by atoms with Crippen LogP contribution >= 0.6 is 0 Å². The van der Waals surface area contributed by atoms with Crippen molar-refractivity contribution in [2.75, 3.05) is 26.8 Å². The molecule has 3 heteroatoms. The molecule has 0 aliphatic heterocycles. The molecule has 0 bridgehead atoms. The third kappa shape index (κ3) is 4.51. The van der Waals surface area contributed by atoms with Crippen LogP contribution in [-0.2, 0) is 4.74 Å². The van der Waals surface area contributed by atoms with E-state index in [2.05, 4.69) is 17.9 Å². The lowest BCUT2D eigenvalue weighted by molar-refractivity contribution is 0.0930. The summed E-state index contributed by atoms with van der Waals surface area (Å²) in [7, 11) is 1.74. The normalized spacial score (nSPS) is 25.6. The average Bonchev–Trinajstić information content (AvgIpc) is 2.29. The van der Waals surface area contributed by atoms with E-state index in [9.17, 15) is 0 Å². The predicted molar refractivity (Wildman–Crippen MR) is 65.1 cm³/mol. The van der Waals surface area contributed by atoms with Crippen molar-refractivity contribution in [3.8, 4) is 6.07 Å². The smallest absolute Gasteiger partial charge is 0.0635 e. The quantitative estimate of drug-likeness (QED) is 0.695. The van der Waals surface area contributed by atoms with Gasteiger partial charge in [0.15, 0.2) is 0 Å². The van der Waals surface area contributed by atoms with E-state index in [0.717, 1.165) is 25.6 Å². The summed E-state index contributed by atoms with van der Waals surface area (Å²) >= 11 is 0. The molecule has 16 heavy (non-hydrogen) atoms. The van der Waals surface area contributed by atoms with E-state index < -0.39 is 0 Å². The summed E-state index contributed by atoms with van der Waals surface area (Å²) in [6, 6.07) is 2.92. The van der Waals surface area contributed by atoms with Crippen LogP contribution in [0, 0.1) is 17.2 Å². The second-order valence-electron chi connectivity index (χ2n) is 4.86. The molecular weight excluding hydrogens is 200 g/mol. The van der Waals surface area contributed by atoms with Gasteiger partial charge in [0.25, 0.3) is 0 Å². The Labute approximate surface area is 99.4 Å². The molecule has 0 aromatic heterocycles. The van der Waals surface area contributed by atoms with Gasteiger partial charge in [-0.1, -0.05) is 19.8 Å². The molecule has 0 N–H and O–H groups in total. The molecule has 0 heterocycles. The molecule has 3 nitrogen and oxygen atoms in total. The van der Waals surface area contributed by atoms with Crippen LogP contribution in [0.25, 0.3) is 0 Å².